The Morgan fingerprint density at radius 2 is 2.00 bits per heavy atom. The van der Waals surface area contributed by atoms with Crippen molar-refractivity contribution in [2.45, 2.75) is 6.43 Å². The number of nitrogens with zero attached hydrogens (tertiary/aromatic N) is 1. The number of guanidine groups is 1. The van der Waals surface area contributed by atoms with Gasteiger partial charge in [-0.1, -0.05) is 18.2 Å². The molecule has 0 unspecified atom stereocenters. The maximum absolute atomic E-state index is 11.7. The number of para-hydroxylation sites is 1. The summed E-state index contributed by atoms with van der Waals surface area (Å²) in [7, 11) is 0. The van der Waals surface area contributed by atoms with Crippen molar-refractivity contribution in [1.29, 1.82) is 0 Å². The van der Waals surface area contributed by atoms with Crippen molar-refractivity contribution in [2.75, 3.05) is 11.9 Å². The minimum atomic E-state index is -2.47. The molecule has 0 aliphatic carbocycles. The first-order valence-electron chi connectivity index (χ1n) is 4.08. The molecule has 0 saturated carbocycles. The van der Waals surface area contributed by atoms with Crippen molar-refractivity contribution in [3.63, 3.8) is 0 Å². The monoisotopic (exact) mass is 199 g/mol. The van der Waals surface area contributed by atoms with Gasteiger partial charge in [0.15, 0.2) is 5.96 Å². The lowest BCUT2D eigenvalue weighted by atomic mass is 10.3. The Morgan fingerprint density at radius 3 is 2.57 bits per heavy atom. The van der Waals surface area contributed by atoms with Gasteiger partial charge in [0.25, 0.3) is 6.43 Å². The molecule has 0 saturated heterocycles. The first kappa shape index (κ1) is 10.4. The highest BCUT2D eigenvalue weighted by molar-refractivity contribution is 5.92. The van der Waals surface area contributed by atoms with E-state index in [0.29, 0.717) is 0 Å². The zero-order chi connectivity index (χ0) is 10.4. The molecule has 3 nitrogen and oxygen atoms in total. The van der Waals surface area contributed by atoms with Gasteiger partial charge in [-0.05, 0) is 12.1 Å². The molecule has 76 valence electrons. The third kappa shape index (κ3) is 3.84. The first-order chi connectivity index (χ1) is 6.68. The van der Waals surface area contributed by atoms with Crippen LogP contribution in [0, 0.1) is 0 Å². The number of anilines is 1. The van der Waals surface area contributed by atoms with E-state index in [0.717, 1.165) is 5.69 Å². The molecule has 0 spiro atoms. The molecule has 3 N–H and O–H groups in total. The zero-order valence-electron chi connectivity index (χ0n) is 7.45. The molecule has 0 aliphatic rings. The molecule has 1 rings (SSSR count). The fourth-order valence-corrected chi connectivity index (χ4v) is 0.876. The second kappa shape index (κ2) is 5.16. The van der Waals surface area contributed by atoms with Crippen molar-refractivity contribution in [3.05, 3.63) is 30.3 Å². The predicted molar refractivity (Wildman–Crippen MR) is 52.6 cm³/mol. The SMILES string of the molecule is NC(=NCC(F)F)Nc1ccccc1. The Bertz CT molecular complexity index is 298. The fraction of sp³-hybridized carbons (Fsp3) is 0.222. The van der Waals surface area contributed by atoms with Gasteiger partial charge >= 0.3 is 0 Å². The molecule has 0 radical (unpaired) electrons. The Labute approximate surface area is 80.6 Å². The van der Waals surface area contributed by atoms with Crippen LogP contribution in [0.2, 0.25) is 0 Å². The lowest BCUT2D eigenvalue weighted by Crippen LogP contribution is -2.23. The number of alkyl halides is 2. The van der Waals surface area contributed by atoms with E-state index in [1.165, 1.54) is 0 Å². The highest BCUT2D eigenvalue weighted by atomic mass is 19.3. The summed E-state index contributed by atoms with van der Waals surface area (Å²) >= 11 is 0. The summed E-state index contributed by atoms with van der Waals surface area (Å²) in [5, 5.41) is 2.69. The van der Waals surface area contributed by atoms with Crippen LogP contribution in [-0.2, 0) is 0 Å². The summed E-state index contributed by atoms with van der Waals surface area (Å²) in [4.78, 5) is 3.45. The van der Waals surface area contributed by atoms with Gasteiger partial charge in [-0.3, -0.25) is 0 Å². The summed E-state index contributed by atoms with van der Waals surface area (Å²) in [5.41, 5.74) is 6.08. The number of aliphatic imine (C=N–C) groups is 1. The quantitative estimate of drug-likeness (QED) is 0.574. The summed E-state index contributed by atoms with van der Waals surface area (Å²) < 4.78 is 23.5. The zero-order valence-corrected chi connectivity index (χ0v) is 7.45. The largest absolute Gasteiger partial charge is 0.370 e. The molecule has 1 aromatic rings. The van der Waals surface area contributed by atoms with E-state index in [4.69, 9.17) is 5.73 Å². The second-order valence-electron chi connectivity index (χ2n) is 2.61. The van der Waals surface area contributed by atoms with Crippen LogP contribution in [0.15, 0.2) is 35.3 Å². The van der Waals surface area contributed by atoms with Crippen LogP contribution < -0.4 is 11.1 Å². The minimum Gasteiger partial charge on any atom is -0.370 e. The topological polar surface area (TPSA) is 50.4 Å². The summed E-state index contributed by atoms with van der Waals surface area (Å²) in [6.07, 6.45) is -2.47. The maximum atomic E-state index is 11.7. The van der Waals surface area contributed by atoms with Crippen molar-refractivity contribution in [3.8, 4) is 0 Å². The highest BCUT2D eigenvalue weighted by Crippen LogP contribution is 2.03. The third-order valence-electron chi connectivity index (χ3n) is 1.45. The number of nitrogens with one attached hydrogen (secondary N) is 1. The van der Waals surface area contributed by atoms with Gasteiger partial charge in [-0.25, -0.2) is 13.8 Å². The van der Waals surface area contributed by atoms with Crippen LogP contribution in [0.4, 0.5) is 14.5 Å². The molecule has 0 fully saturated rings. The average molecular weight is 199 g/mol. The molecular formula is C9H11F2N3. The first-order valence-corrected chi connectivity index (χ1v) is 4.08. The normalized spacial score (nSPS) is 11.8. The van der Waals surface area contributed by atoms with Crippen LogP contribution in [0.1, 0.15) is 0 Å². The molecule has 0 heterocycles. The molecule has 0 aliphatic heterocycles. The average Bonchev–Trinajstić information content (AvgIpc) is 2.16. The Morgan fingerprint density at radius 1 is 1.36 bits per heavy atom. The number of benzene rings is 1. The van der Waals surface area contributed by atoms with E-state index >= 15 is 0 Å². The van der Waals surface area contributed by atoms with Gasteiger partial charge in [0, 0.05) is 5.69 Å². The Kier molecular flexibility index (Phi) is 3.84. The van der Waals surface area contributed by atoms with E-state index < -0.39 is 13.0 Å². The van der Waals surface area contributed by atoms with Crippen molar-refractivity contribution >= 4 is 11.6 Å². The minimum absolute atomic E-state index is 0.00324. The maximum Gasteiger partial charge on any atom is 0.257 e. The standard InChI is InChI=1S/C9H11F2N3/c10-8(11)6-13-9(12)14-7-4-2-1-3-5-7/h1-5,8H,6H2,(H3,12,13,14). The number of nitrogens with two attached hydrogens (primary N) is 1. The third-order valence-corrected chi connectivity index (χ3v) is 1.45. The highest BCUT2D eigenvalue weighted by Gasteiger charge is 2.00. The molecule has 0 amide bonds. The number of hydrogen-bond donors (Lipinski definition) is 2. The van der Waals surface area contributed by atoms with Crippen molar-refractivity contribution in [1.82, 2.24) is 0 Å². The molecule has 0 aromatic heterocycles. The molecule has 0 bridgehead atoms. The molecular weight excluding hydrogens is 188 g/mol. The van der Waals surface area contributed by atoms with Gasteiger partial charge in [0.2, 0.25) is 0 Å². The molecule has 1 aromatic carbocycles. The van der Waals surface area contributed by atoms with Crippen LogP contribution >= 0.6 is 0 Å². The van der Waals surface area contributed by atoms with E-state index in [1.807, 2.05) is 18.2 Å². The van der Waals surface area contributed by atoms with Gasteiger partial charge in [-0.2, -0.15) is 0 Å². The van der Waals surface area contributed by atoms with Gasteiger partial charge in [0.1, 0.15) is 6.54 Å². The summed E-state index contributed by atoms with van der Waals surface area (Å²) in [6, 6.07) is 9.00. The van der Waals surface area contributed by atoms with Crippen LogP contribution in [0.5, 0.6) is 0 Å². The second-order valence-corrected chi connectivity index (χ2v) is 2.61. The number of halogens is 2. The lowest BCUT2D eigenvalue weighted by Gasteiger charge is -2.04. The number of rotatable bonds is 3. The van der Waals surface area contributed by atoms with E-state index in [9.17, 15) is 8.78 Å². The summed E-state index contributed by atoms with van der Waals surface area (Å²) in [6.45, 7) is -0.578. The summed E-state index contributed by atoms with van der Waals surface area (Å²) in [5.74, 6) is -0.00324. The van der Waals surface area contributed by atoms with Crippen molar-refractivity contribution in [2.24, 2.45) is 10.7 Å². The predicted octanol–water partition coefficient (Wildman–Crippen LogP) is 1.68. The van der Waals surface area contributed by atoms with E-state index in [2.05, 4.69) is 10.3 Å². The van der Waals surface area contributed by atoms with E-state index in [1.54, 1.807) is 12.1 Å². The van der Waals surface area contributed by atoms with Gasteiger partial charge in [0.05, 0.1) is 0 Å². The van der Waals surface area contributed by atoms with Crippen LogP contribution in [0.25, 0.3) is 0 Å². The van der Waals surface area contributed by atoms with E-state index in [-0.39, 0.29) is 5.96 Å². The van der Waals surface area contributed by atoms with Crippen LogP contribution in [0.3, 0.4) is 0 Å². The molecule has 14 heavy (non-hydrogen) atoms. The Hall–Kier alpha value is -1.65. The number of hydrogen-bond acceptors (Lipinski definition) is 1. The molecule has 5 heteroatoms. The van der Waals surface area contributed by atoms with Crippen LogP contribution in [-0.4, -0.2) is 18.9 Å². The van der Waals surface area contributed by atoms with Crippen molar-refractivity contribution < 1.29 is 8.78 Å². The molecule has 0 atom stereocenters. The fourth-order valence-electron chi connectivity index (χ4n) is 0.876. The van der Waals surface area contributed by atoms with Gasteiger partial charge < -0.3 is 11.1 Å². The smallest absolute Gasteiger partial charge is 0.257 e. The van der Waals surface area contributed by atoms with Gasteiger partial charge in [-0.15, -0.1) is 0 Å². The Balaban J connectivity index is 2.49. The lowest BCUT2D eigenvalue weighted by molar-refractivity contribution is 0.158.